The van der Waals surface area contributed by atoms with Crippen molar-refractivity contribution in [3.05, 3.63) is 11.3 Å². The van der Waals surface area contributed by atoms with Gasteiger partial charge in [-0.3, -0.25) is 4.99 Å². The topological polar surface area (TPSA) is 101 Å². The highest BCUT2D eigenvalue weighted by molar-refractivity contribution is 6.06. The van der Waals surface area contributed by atoms with E-state index in [1.54, 1.807) is 0 Å². The second-order valence-corrected chi connectivity index (χ2v) is 4.88. The monoisotopic (exact) mass is 291 g/mol. The van der Waals surface area contributed by atoms with Gasteiger partial charge in [-0.2, -0.15) is 5.26 Å². The zero-order chi connectivity index (χ0) is 15.4. The van der Waals surface area contributed by atoms with Gasteiger partial charge >= 0.3 is 11.9 Å². The zero-order valence-electron chi connectivity index (χ0n) is 12.0. The molecule has 0 saturated carbocycles. The van der Waals surface area contributed by atoms with Gasteiger partial charge in [0.15, 0.2) is 0 Å². The van der Waals surface area contributed by atoms with Crippen LogP contribution in [0.3, 0.4) is 0 Å². The molecule has 0 aromatic heterocycles. The summed E-state index contributed by atoms with van der Waals surface area (Å²) in [7, 11) is 2.65. The Morgan fingerprint density at radius 3 is 2.57 bits per heavy atom. The molecule has 2 rings (SSSR count). The molecule has 1 fully saturated rings. The van der Waals surface area contributed by atoms with Crippen LogP contribution in [-0.2, 0) is 19.1 Å². The minimum absolute atomic E-state index is 0.344. The Hall–Kier alpha value is -2.36. The summed E-state index contributed by atoms with van der Waals surface area (Å²) in [6.45, 7) is 0. The van der Waals surface area contributed by atoms with Crippen LogP contribution in [0, 0.1) is 11.3 Å². The molecule has 21 heavy (non-hydrogen) atoms. The van der Waals surface area contributed by atoms with E-state index in [-0.39, 0.29) is 11.9 Å². The average Bonchev–Trinajstić information content (AvgIpc) is 3.16. The van der Waals surface area contributed by atoms with Gasteiger partial charge in [-0.05, 0) is 25.7 Å². The molecule has 0 bridgehead atoms. The standard InChI is InChI=1S/C14H17N3O4/c1-20-13(18)11-5-3-9(16-11)8(7-15)10-4-6-12(17-10)14(19)21-2/h11-12,16H,3-6H2,1-2H3/b9-8-/t11-,12+/m1/s1. The maximum atomic E-state index is 11.5. The van der Waals surface area contributed by atoms with Crippen molar-refractivity contribution in [1.82, 2.24) is 5.32 Å². The molecular formula is C14H17N3O4. The molecule has 2 aliphatic rings. The largest absolute Gasteiger partial charge is 0.467 e. The minimum atomic E-state index is -0.535. The van der Waals surface area contributed by atoms with Gasteiger partial charge < -0.3 is 14.8 Å². The first-order valence-electron chi connectivity index (χ1n) is 6.73. The first-order chi connectivity index (χ1) is 10.1. The van der Waals surface area contributed by atoms with Gasteiger partial charge in [0.2, 0.25) is 0 Å². The fraction of sp³-hybridized carbons (Fsp3) is 0.571. The lowest BCUT2D eigenvalue weighted by atomic mass is 10.1. The number of nitriles is 1. The molecule has 0 amide bonds. The summed E-state index contributed by atoms with van der Waals surface area (Å²) in [5.74, 6) is -0.734. The summed E-state index contributed by atoms with van der Waals surface area (Å²) in [6, 6.07) is 1.16. The average molecular weight is 291 g/mol. The lowest BCUT2D eigenvalue weighted by molar-refractivity contribution is -0.143. The van der Waals surface area contributed by atoms with E-state index in [9.17, 15) is 14.9 Å². The summed E-state index contributed by atoms with van der Waals surface area (Å²) in [5, 5.41) is 12.4. The number of hydrogen-bond acceptors (Lipinski definition) is 7. The predicted molar refractivity (Wildman–Crippen MR) is 73.3 cm³/mol. The molecule has 2 heterocycles. The fourth-order valence-electron chi connectivity index (χ4n) is 2.55. The van der Waals surface area contributed by atoms with Crippen LogP contribution in [0.25, 0.3) is 0 Å². The van der Waals surface area contributed by atoms with Crippen LogP contribution in [0.5, 0.6) is 0 Å². The highest BCUT2D eigenvalue weighted by atomic mass is 16.5. The summed E-state index contributed by atoms with van der Waals surface area (Å²) >= 11 is 0. The lowest BCUT2D eigenvalue weighted by Crippen LogP contribution is -2.31. The highest BCUT2D eigenvalue weighted by Crippen LogP contribution is 2.25. The maximum Gasteiger partial charge on any atom is 0.330 e. The van der Waals surface area contributed by atoms with Crippen molar-refractivity contribution < 1.29 is 19.1 Å². The summed E-state index contributed by atoms with van der Waals surface area (Å²) < 4.78 is 9.35. The fourth-order valence-corrected chi connectivity index (χ4v) is 2.55. The lowest BCUT2D eigenvalue weighted by Gasteiger charge is -2.09. The quantitative estimate of drug-likeness (QED) is 0.599. The van der Waals surface area contributed by atoms with Crippen LogP contribution in [-0.4, -0.2) is 44.0 Å². The molecule has 0 aromatic carbocycles. The number of methoxy groups -OCH3 is 2. The van der Waals surface area contributed by atoms with Crippen LogP contribution in [0.4, 0.5) is 0 Å². The van der Waals surface area contributed by atoms with E-state index in [2.05, 4.69) is 25.9 Å². The van der Waals surface area contributed by atoms with E-state index in [0.717, 1.165) is 0 Å². The van der Waals surface area contributed by atoms with Crippen molar-refractivity contribution >= 4 is 17.7 Å². The molecule has 7 heteroatoms. The van der Waals surface area contributed by atoms with Gasteiger partial charge in [0.1, 0.15) is 18.2 Å². The van der Waals surface area contributed by atoms with Crippen LogP contribution < -0.4 is 5.32 Å². The van der Waals surface area contributed by atoms with Gasteiger partial charge in [0, 0.05) is 5.70 Å². The van der Waals surface area contributed by atoms with E-state index in [0.29, 0.717) is 42.7 Å². The molecule has 7 nitrogen and oxygen atoms in total. The van der Waals surface area contributed by atoms with Crippen LogP contribution >= 0.6 is 0 Å². The molecule has 2 atom stereocenters. The number of nitrogens with zero attached hydrogens (tertiary/aromatic N) is 2. The van der Waals surface area contributed by atoms with E-state index in [4.69, 9.17) is 0 Å². The van der Waals surface area contributed by atoms with E-state index in [1.807, 2.05) is 0 Å². The van der Waals surface area contributed by atoms with Crippen molar-refractivity contribution in [2.45, 2.75) is 37.8 Å². The SMILES string of the molecule is COC(=O)[C@@H]1CCC(/C(C#N)=C2/CC[C@H](C(=O)OC)N2)=N1. The highest BCUT2D eigenvalue weighted by Gasteiger charge is 2.32. The molecule has 1 N–H and O–H groups in total. The van der Waals surface area contributed by atoms with Crippen molar-refractivity contribution in [2.24, 2.45) is 4.99 Å². The van der Waals surface area contributed by atoms with Gasteiger partial charge in [0.25, 0.3) is 0 Å². The van der Waals surface area contributed by atoms with Crippen molar-refractivity contribution in [2.75, 3.05) is 14.2 Å². The zero-order valence-corrected chi connectivity index (χ0v) is 12.0. The van der Waals surface area contributed by atoms with E-state index < -0.39 is 12.1 Å². The van der Waals surface area contributed by atoms with Crippen molar-refractivity contribution in [1.29, 1.82) is 5.26 Å². The predicted octanol–water partition coefficient (Wildman–Crippen LogP) is 0.465. The van der Waals surface area contributed by atoms with Gasteiger partial charge in [-0.1, -0.05) is 0 Å². The van der Waals surface area contributed by atoms with Crippen LogP contribution in [0.2, 0.25) is 0 Å². The smallest absolute Gasteiger partial charge is 0.330 e. The number of aliphatic imine (C=N–C) groups is 1. The van der Waals surface area contributed by atoms with Crippen molar-refractivity contribution in [3.8, 4) is 6.07 Å². The molecule has 0 unspecified atom stereocenters. The Labute approximate surface area is 122 Å². The van der Waals surface area contributed by atoms with E-state index >= 15 is 0 Å². The number of rotatable bonds is 3. The third kappa shape index (κ3) is 3.05. The third-order valence-electron chi connectivity index (χ3n) is 3.66. The molecule has 0 aromatic rings. The normalized spacial score (nSPS) is 26.4. The Morgan fingerprint density at radius 1 is 1.24 bits per heavy atom. The number of carbonyl (C=O) groups is 2. The van der Waals surface area contributed by atoms with Crippen molar-refractivity contribution in [3.63, 3.8) is 0 Å². The molecule has 0 radical (unpaired) electrons. The van der Waals surface area contributed by atoms with Gasteiger partial charge in [0.05, 0.1) is 25.5 Å². The number of carbonyl (C=O) groups excluding carboxylic acids is 2. The number of nitrogens with one attached hydrogen (secondary N) is 1. The molecule has 0 spiro atoms. The van der Waals surface area contributed by atoms with Crippen LogP contribution in [0.1, 0.15) is 25.7 Å². The Morgan fingerprint density at radius 2 is 1.95 bits per heavy atom. The molecular weight excluding hydrogens is 274 g/mol. The number of allylic oxidation sites excluding steroid dienone is 2. The summed E-state index contributed by atoms with van der Waals surface area (Å²) in [5.41, 5.74) is 1.71. The van der Waals surface area contributed by atoms with Crippen LogP contribution in [0.15, 0.2) is 16.3 Å². The first kappa shape index (κ1) is 15.0. The maximum absolute atomic E-state index is 11.5. The minimum Gasteiger partial charge on any atom is -0.467 e. The summed E-state index contributed by atoms with van der Waals surface area (Å²) in [4.78, 5) is 27.2. The Bertz CT molecular complexity index is 559. The second kappa shape index (κ2) is 6.39. The first-order valence-corrected chi connectivity index (χ1v) is 6.73. The van der Waals surface area contributed by atoms with E-state index in [1.165, 1.54) is 14.2 Å². The van der Waals surface area contributed by atoms with Gasteiger partial charge in [-0.25, -0.2) is 9.59 Å². The summed E-state index contributed by atoms with van der Waals surface area (Å²) in [6.07, 6.45) is 2.27. The molecule has 0 aliphatic carbocycles. The van der Waals surface area contributed by atoms with Gasteiger partial charge in [-0.15, -0.1) is 0 Å². The second-order valence-electron chi connectivity index (χ2n) is 4.88. The molecule has 112 valence electrons. The number of ether oxygens (including phenoxy) is 2. The number of hydrogen-bond donors (Lipinski definition) is 1. The Kier molecular flexibility index (Phi) is 4.58. The molecule has 1 saturated heterocycles. The third-order valence-corrected chi connectivity index (χ3v) is 3.66. The molecule has 2 aliphatic heterocycles. The number of esters is 2. The Balaban J connectivity index is 2.18.